The third kappa shape index (κ3) is 4.57. The van der Waals surface area contributed by atoms with Crippen molar-refractivity contribution in [1.29, 1.82) is 0 Å². The number of aryl methyl sites for hydroxylation is 1. The summed E-state index contributed by atoms with van der Waals surface area (Å²) in [5.41, 5.74) is 0.803. The Labute approximate surface area is 89.9 Å². The highest BCUT2D eigenvalue weighted by atomic mass is 32.1. The van der Waals surface area contributed by atoms with Gasteiger partial charge in [0.15, 0.2) is 0 Å². The van der Waals surface area contributed by atoms with Gasteiger partial charge in [0, 0.05) is 6.54 Å². The summed E-state index contributed by atoms with van der Waals surface area (Å²) in [6.07, 6.45) is -2.49. The first-order chi connectivity index (χ1) is 7.03. The molecule has 0 saturated carbocycles. The lowest BCUT2D eigenvalue weighted by molar-refractivity contribution is -0.125. The van der Waals surface area contributed by atoms with Crippen LogP contribution in [0.5, 0.6) is 0 Å². The van der Waals surface area contributed by atoms with Crippen LogP contribution in [0, 0.1) is 0 Å². The van der Waals surface area contributed by atoms with Crippen molar-refractivity contribution in [2.24, 2.45) is 0 Å². The zero-order valence-corrected chi connectivity index (χ0v) is 9.08. The number of hydrogen-bond acceptors (Lipinski definition) is 4. The predicted octanol–water partition coefficient (Wildman–Crippen LogP) is 2.14. The predicted molar refractivity (Wildman–Crippen MR) is 51.7 cm³/mol. The minimum Gasteiger partial charge on any atom is -0.304 e. The zero-order chi connectivity index (χ0) is 11.3. The molecule has 15 heavy (non-hydrogen) atoms. The molecule has 0 aliphatic heterocycles. The van der Waals surface area contributed by atoms with E-state index in [1.807, 2.05) is 6.92 Å². The third-order valence-electron chi connectivity index (χ3n) is 1.73. The van der Waals surface area contributed by atoms with E-state index < -0.39 is 12.7 Å². The first-order valence-corrected chi connectivity index (χ1v) is 5.38. The maximum atomic E-state index is 11.8. The highest BCUT2D eigenvalue weighted by Crippen LogP contribution is 2.15. The van der Waals surface area contributed by atoms with Crippen molar-refractivity contribution in [3.05, 3.63) is 10.6 Å². The summed E-state index contributed by atoms with van der Waals surface area (Å²) in [7, 11) is 0. The molecule has 0 bridgehead atoms. The molecule has 0 saturated heterocycles. The minimum absolute atomic E-state index is 0.187. The van der Waals surface area contributed by atoms with Crippen LogP contribution in [0.15, 0.2) is 0 Å². The second-order valence-electron chi connectivity index (χ2n) is 3.11. The molecule has 1 N–H and O–H groups in total. The topological polar surface area (TPSA) is 37.8 Å². The van der Waals surface area contributed by atoms with Gasteiger partial charge in [-0.1, -0.05) is 17.8 Å². The Morgan fingerprint density at radius 2 is 2.13 bits per heavy atom. The maximum Gasteiger partial charge on any atom is 0.401 e. The molecule has 86 valence electrons. The van der Waals surface area contributed by atoms with Crippen molar-refractivity contribution in [1.82, 2.24) is 14.9 Å². The summed E-state index contributed by atoms with van der Waals surface area (Å²) < 4.78 is 39.3. The highest BCUT2D eigenvalue weighted by Gasteiger charge is 2.26. The monoisotopic (exact) mass is 239 g/mol. The molecule has 0 spiro atoms. The van der Waals surface area contributed by atoms with Gasteiger partial charge < -0.3 is 5.32 Å². The number of hydrogen-bond donors (Lipinski definition) is 1. The quantitative estimate of drug-likeness (QED) is 0.855. The fourth-order valence-electron chi connectivity index (χ4n) is 1.11. The number of rotatable bonds is 5. The standard InChI is InChI=1S/C8H12F3N3S/c1-2-3-6-7(15-14-13-6)4-12-5-8(9,10)11/h12H,2-5H2,1H3. The molecular formula is C8H12F3N3S. The van der Waals surface area contributed by atoms with Crippen molar-refractivity contribution in [3.63, 3.8) is 0 Å². The summed E-state index contributed by atoms with van der Waals surface area (Å²) >= 11 is 1.15. The Morgan fingerprint density at radius 3 is 2.73 bits per heavy atom. The average molecular weight is 239 g/mol. The Kier molecular flexibility index (Phi) is 4.46. The summed E-state index contributed by atoms with van der Waals surface area (Å²) in [5.74, 6) is 0. The van der Waals surface area contributed by atoms with Gasteiger partial charge in [-0.25, -0.2) is 0 Å². The molecule has 1 heterocycles. The molecule has 0 aliphatic rings. The molecule has 0 unspecified atom stereocenters. The van der Waals surface area contributed by atoms with Gasteiger partial charge in [0.2, 0.25) is 0 Å². The van der Waals surface area contributed by atoms with Crippen LogP contribution in [0.4, 0.5) is 13.2 Å². The van der Waals surface area contributed by atoms with Gasteiger partial charge in [-0.05, 0) is 18.0 Å². The van der Waals surface area contributed by atoms with Crippen LogP contribution in [0.1, 0.15) is 23.9 Å². The van der Waals surface area contributed by atoms with Crippen LogP contribution in [0.2, 0.25) is 0 Å². The van der Waals surface area contributed by atoms with Crippen LogP contribution in [0.3, 0.4) is 0 Å². The number of halogens is 3. The molecule has 0 radical (unpaired) electrons. The van der Waals surface area contributed by atoms with Gasteiger partial charge in [-0.3, -0.25) is 0 Å². The van der Waals surface area contributed by atoms with Crippen molar-refractivity contribution < 1.29 is 13.2 Å². The Bertz CT molecular complexity index is 298. The van der Waals surface area contributed by atoms with E-state index in [4.69, 9.17) is 0 Å². The van der Waals surface area contributed by atoms with Gasteiger partial charge in [0.1, 0.15) is 0 Å². The van der Waals surface area contributed by atoms with Gasteiger partial charge in [0.05, 0.1) is 17.1 Å². The molecular weight excluding hydrogens is 227 g/mol. The van der Waals surface area contributed by atoms with E-state index >= 15 is 0 Å². The normalized spacial score (nSPS) is 12.0. The van der Waals surface area contributed by atoms with E-state index in [9.17, 15) is 13.2 Å². The number of alkyl halides is 3. The molecule has 0 amide bonds. The molecule has 0 atom stereocenters. The second-order valence-corrected chi connectivity index (χ2v) is 3.95. The second kappa shape index (κ2) is 5.41. The first kappa shape index (κ1) is 12.4. The van der Waals surface area contributed by atoms with Crippen LogP contribution in [-0.2, 0) is 13.0 Å². The van der Waals surface area contributed by atoms with Gasteiger partial charge in [0.25, 0.3) is 0 Å². The lowest BCUT2D eigenvalue weighted by Gasteiger charge is -2.07. The number of nitrogens with one attached hydrogen (secondary N) is 1. The highest BCUT2D eigenvalue weighted by molar-refractivity contribution is 7.05. The van der Waals surface area contributed by atoms with Crippen molar-refractivity contribution in [2.45, 2.75) is 32.5 Å². The van der Waals surface area contributed by atoms with E-state index in [1.165, 1.54) is 0 Å². The van der Waals surface area contributed by atoms with E-state index in [0.29, 0.717) is 0 Å². The van der Waals surface area contributed by atoms with Crippen molar-refractivity contribution in [2.75, 3.05) is 6.54 Å². The van der Waals surface area contributed by atoms with Crippen LogP contribution in [-0.4, -0.2) is 22.3 Å². The lowest BCUT2D eigenvalue weighted by Crippen LogP contribution is -2.28. The molecule has 0 aromatic carbocycles. The van der Waals surface area contributed by atoms with Crippen LogP contribution in [0.25, 0.3) is 0 Å². The Morgan fingerprint density at radius 1 is 1.40 bits per heavy atom. The van der Waals surface area contributed by atoms with E-state index in [2.05, 4.69) is 14.9 Å². The largest absolute Gasteiger partial charge is 0.401 e. The summed E-state index contributed by atoms with van der Waals surface area (Å²) in [6.45, 7) is 1.20. The maximum absolute atomic E-state index is 11.8. The summed E-state index contributed by atoms with van der Waals surface area (Å²) in [4.78, 5) is 0.793. The average Bonchev–Trinajstić information content (AvgIpc) is 2.51. The van der Waals surface area contributed by atoms with Crippen LogP contribution < -0.4 is 5.32 Å². The summed E-state index contributed by atoms with van der Waals surface area (Å²) in [5, 5.41) is 6.20. The molecule has 0 aliphatic carbocycles. The molecule has 3 nitrogen and oxygen atoms in total. The third-order valence-corrected chi connectivity index (χ3v) is 2.50. The van der Waals surface area contributed by atoms with Gasteiger partial charge in [-0.2, -0.15) is 13.2 Å². The fourth-order valence-corrected chi connectivity index (χ4v) is 1.76. The first-order valence-electron chi connectivity index (χ1n) is 4.60. The molecule has 1 rings (SSSR count). The molecule has 0 fully saturated rings. The SMILES string of the molecule is CCCc1nnsc1CNCC(F)(F)F. The molecule has 1 aromatic rings. The molecule has 7 heteroatoms. The Hall–Kier alpha value is -0.690. The number of aromatic nitrogens is 2. The zero-order valence-electron chi connectivity index (χ0n) is 8.26. The van der Waals surface area contributed by atoms with Gasteiger partial charge >= 0.3 is 6.18 Å². The fraction of sp³-hybridized carbons (Fsp3) is 0.750. The van der Waals surface area contributed by atoms with Crippen LogP contribution >= 0.6 is 11.5 Å². The van der Waals surface area contributed by atoms with E-state index in [0.717, 1.165) is 34.9 Å². The van der Waals surface area contributed by atoms with Crippen molar-refractivity contribution in [3.8, 4) is 0 Å². The minimum atomic E-state index is -4.16. The van der Waals surface area contributed by atoms with E-state index in [-0.39, 0.29) is 6.54 Å². The number of nitrogens with zero attached hydrogens (tertiary/aromatic N) is 2. The lowest BCUT2D eigenvalue weighted by atomic mass is 10.2. The van der Waals surface area contributed by atoms with E-state index in [1.54, 1.807) is 0 Å². The Balaban J connectivity index is 2.40. The smallest absolute Gasteiger partial charge is 0.304 e. The van der Waals surface area contributed by atoms with Crippen molar-refractivity contribution >= 4 is 11.5 Å². The van der Waals surface area contributed by atoms with Gasteiger partial charge in [-0.15, -0.1) is 5.10 Å². The summed E-state index contributed by atoms with van der Waals surface area (Å²) in [6, 6.07) is 0. The molecule has 1 aromatic heterocycles.